The first kappa shape index (κ1) is 19.0. The van der Waals surface area contributed by atoms with E-state index in [0.29, 0.717) is 5.92 Å². The summed E-state index contributed by atoms with van der Waals surface area (Å²) >= 11 is 0. The zero-order chi connectivity index (χ0) is 18.6. The summed E-state index contributed by atoms with van der Waals surface area (Å²) in [7, 11) is 0. The Kier molecular flexibility index (Phi) is 6.17. The number of benzene rings is 1. The van der Waals surface area contributed by atoms with Crippen LogP contribution in [0.15, 0.2) is 36.7 Å². The number of amides is 1. The van der Waals surface area contributed by atoms with E-state index in [1.807, 2.05) is 12.1 Å². The van der Waals surface area contributed by atoms with Crippen LogP contribution in [-0.4, -0.2) is 5.91 Å². The summed E-state index contributed by atoms with van der Waals surface area (Å²) in [5, 5.41) is 2.29. The highest BCUT2D eigenvalue weighted by molar-refractivity contribution is 5.92. The SMILES string of the molecule is CCC(CC)c1cc[n+]([C@H](C)C(=O)Nc2ccc(F)c(F)c2F)cc1. The Morgan fingerprint density at radius 2 is 1.64 bits per heavy atom. The molecule has 25 heavy (non-hydrogen) atoms. The summed E-state index contributed by atoms with van der Waals surface area (Å²) in [6.07, 6.45) is 5.65. The molecule has 0 aliphatic carbocycles. The van der Waals surface area contributed by atoms with Gasteiger partial charge in [0.25, 0.3) is 5.91 Å². The average molecular weight is 351 g/mol. The molecule has 0 aliphatic heterocycles. The van der Waals surface area contributed by atoms with Crippen molar-refractivity contribution in [2.24, 2.45) is 0 Å². The number of carbonyl (C=O) groups excluding carboxylic acids is 1. The van der Waals surface area contributed by atoms with Gasteiger partial charge in [-0.15, -0.1) is 0 Å². The first-order valence-electron chi connectivity index (χ1n) is 8.34. The molecule has 134 valence electrons. The Balaban J connectivity index is 2.13. The van der Waals surface area contributed by atoms with Gasteiger partial charge in [0.05, 0.1) is 5.69 Å². The van der Waals surface area contributed by atoms with Gasteiger partial charge < -0.3 is 5.32 Å². The molecule has 6 heteroatoms. The summed E-state index contributed by atoms with van der Waals surface area (Å²) < 4.78 is 41.5. The third-order valence-corrected chi connectivity index (χ3v) is 4.45. The molecule has 1 aromatic heterocycles. The molecule has 0 unspecified atom stereocenters. The third-order valence-electron chi connectivity index (χ3n) is 4.45. The van der Waals surface area contributed by atoms with Gasteiger partial charge in [-0.3, -0.25) is 4.79 Å². The maximum atomic E-state index is 13.7. The maximum absolute atomic E-state index is 13.7. The van der Waals surface area contributed by atoms with Crippen molar-refractivity contribution in [1.82, 2.24) is 0 Å². The summed E-state index contributed by atoms with van der Waals surface area (Å²) in [5.74, 6) is -4.36. The molecular weight excluding hydrogens is 329 g/mol. The molecule has 1 heterocycles. The first-order chi connectivity index (χ1) is 11.9. The lowest BCUT2D eigenvalue weighted by Crippen LogP contribution is -2.44. The Labute approximate surface area is 145 Å². The van der Waals surface area contributed by atoms with Crippen LogP contribution < -0.4 is 9.88 Å². The van der Waals surface area contributed by atoms with Gasteiger partial charge in [0, 0.05) is 19.1 Å². The molecule has 0 bridgehead atoms. The Bertz CT molecular complexity index is 743. The standard InChI is InChI=1S/C19H21F3N2O/c1-4-13(5-2)14-8-10-24(11-9-14)12(3)19(25)23-16-7-6-15(20)17(21)18(16)22/h6-13H,4-5H2,1-3H3/p+1/t12-/m1/s1. The van der Waals surface area contributed by atoms with Crippen molar-refractivity contribution in [3.63, 3.8) is 0 Å². The molecular formula is C19H22F3N2O+. The quantitative estimate of drug-likeness (QED) is 0.603. The predicted octanol–water partition coefficient (Wildman–Crippen LogP) is 4.49. The van der Waals surface area contributed by atoms with Crippen LogP contribution in [0, 0.1) is 17.5 Å². The smallest absolute Gasteiger partial charge is 0.293 e. The van der Waals surface area contributed by atoms with Crippen molar-refractivity contribution in [1.29, 1.82) is 0 Å². The van der Waals surface area contributed by atoms with Crippen molar-refractivity contribution < 1.29 is 22.5 Å². The fraction of sp³-hybridized carbons (Fsp3) is 0.368. The molecule has 0 radical (unpaired) electrons. The van der Waals surface area contributed by atoms with E-state index in [1.54, 1.807) is 23.9 Å². The zero-order valence-electron chi connectivity index (χ0n) is 14.5. The molecule has 1 N–H and O–H groups in total. The van der Waals surface area contributed by atoms with Gasteiger partial charge in [0.15, 0.2) is 29.8 Å². The fourth-order valence-corrected chi connectivity index (χ4v) is 2.73. The Hall–Kier alpha value is -2.37. The van der Waals surface area contributed by atoms with Gasteiger partial charge >= 0.3 is 0 Å². The molecule has 1 aromatic carbocycles. The number of rotatable bonds is 6. The lowest BCUT2D eigenvalue weighted by molar-refractivity contribution is -0.705. The summed E-state index contributed by atoms with van der Waals surface area (Å²) in [5.41, 5.74) is 0.811. The van der Waals surface area contributed by atoms with E-state index in [-0.39, 0.29) is 5.69 Å². The molecule has 2 rings (SSSR count). The van der Waals surface area contributed by atoms with Crippen LogP contribution in [0.25, 0.3) is 0 Å². The van der Waals surface area contributed by atoms with E-state index in [0.717, 1.165) is 25.0 Å². The van der Waals surface area contributed by atoms with Crippen molar-refractivity contribution in [2.45, 2.75) is 45.6 Å². The van der Waals surface area contributed by atoms with Crippen LogP contribution in [0.4, 0.5) is 18.9 Å². The fourth-order valence-electron chi connectivity index (χ4n) is 2.73. The highest BCUT2D eigenvalue weighted by atomic mass is 19.2. The molecule has 3 nitrogen and oxygen atoms in total. The number of nitrogens with one attached hydrogen (secondary N) is 1. The van der Waals surface area contributed by atoms with Crippen molar-refractivity contribution in [3.8, 4) is 0 Å². The topological polar surface area (TPSA) is 33.0 Å². The van der Waals surface area contributed by atoms with Crippen LogP contribution in [0.5, 0.6) is 0 Å². The van der Waals surface area contributed by atoms with Crippen molar-refractivity contribution in [3.05, 3.63) is 59.7 Å². The minimum atomic E-state index is -1.60. The lowest BCUT2D eigenvalue weighted by Gasteiger charge is -2.13. The molecule has 1 atom stereocenters. The molecule has 0 saturated carbocycles. The number of anilines is 1. The molecule has 1 amide bonds. The van der Waals surface area contributed by atoms with Gasteiger partial charge in [-0.05, 0) is 36.5 Å². The minimum absolute atomic E-state index is 0.384. The number of aromatic nitrogens is 1. The minimum Gasteiger partial charge on any atom is -0.318 e. The summed E-state index contributed by atoms with van der Waals surface area (Å²) in [6, 6.07) is 5.05. The second-order valence-electron chi connectivity index (χ2n) is 5.98. The van der Waals surface area contributed by atoms with Gasteiger partial charge in [0.2, 0.25) is 6.04 Å². The third kappa shape index (κ3) is 4.18. The number of hydrogen-bond acceptors (Lipinski definition) is 1. The second kappa shape index (κ2) is 8.14. The Morgan fingerprint density at radius 1 is 1.04 bits per heavy atom. The van der Waals surface area contributed by atoms with E-state index >= 15 is 0 Å². The highest BCUT2D eigenvalue weighted by Crippen LogP contribution is 2.22. The van der Waals surface area contributed by atoms with Gasteiger partial charge in [-0.1, -0.05) is 13.8 Å². The molecule has 2 aromatic rings. The summed E-state index contributed by atoms with van der Waals surface area (Å²) in [6.45, 7) is 5.90. The molecule has 0 fully saturated rings. The van der Waals surface area contributed by atoms with E-state index < -0.39 is 29.4 Å². The van der Waals surface area contributed by atoms with Crippen molar-refractivity contribution >= 4 is 11.6 Å². The van der Waals surface area contributed by atoms with Crippen LogP contribution in [0.3, 0.4) is 0 Å². The molecule has 0 aliphatic rings. The highest BCUT2D eigenvalue weighted by Gasteiger charge is 2.24. The van der Waals surface area contributed by atoms with E-state index in [1.165, 1.54) is 5.56 Å². The van der Waals surface area contributed by atoms with Crippen LogP contribution >= 0.6 is 0 Å². The first-order valence-corrected chi connectivity index (χ1v) is 8.34. The predicted molar refractivity (Wildman–Crippen MR) is 89.6 cm³/mol. The van der Waals surface area contributed by atoms with Gasteiger partial charge in [-0.2, -0.15) is 4.57 Å². The Morgan fingerprint density at radius 3 is 2.20 bits per heavy atom. The number of carbonyl (C=O) groups is 1. The number of halogens is 3. The number of nitrogens with zero attached hydrogens (tertiary/aromatic N) is 1. The average Bonchev–Trinajstić information content (AvgIpc) is 2.63. The van der Waals surface area contributed by atoms with Crippen LogP contribution in [-0.2, 0) is 4.79 Å². The monoisotopic (exact) mass is 351 g/mol. The van der Waals surface area contributed by atoms with E-state index in [2.05, 4.69) is 19.2 Å². The lowest BCUT2D eigenvalue weighted by atomic mass is 9.95. The van der Waals surface area contributed by atoms with Gasteiger partial charge in [-0.25, -0.2) is 13.2 Å². The maximum Gasteiger partial charge on any atom is 0.293 e. The number of hydrogen-bond donors (Lipinski definition) is 1. The summed E-state index contributed by atoms with van der Waals surface area (Å²) in [4.78, 5) is 12.3. The van der Waals surface area contributed by atoms with Crippen LogP contribution in [0.1, 0.15) is 51.1 Å². The van der Waals surface area contributed by atoms with Crippen LogP contribution in [0.2, 0.25) is 0 Å². The van der Waals surface area contributed by atoms with Crippen molar-refractivity contribution in [2.75, 3.05) is 5.32 Å². The second-order valence-corrected chi connectivity index (χ2v) is 5.98. The van der Waals surface area contributed by atoms with E-state index in [9.17, 15) is 18.0 Å². The molecule has 0 saturated heterocycles. The largest absolute Gasteiger partial charge is 0.318 e. The zero-order valence-corrected chi connectivity index (χ0v) is 14.5. The number of pyridine rings is 1. The normalized spacial score (nSPS) is 12.3. The van der Waals surface area contributed by atoms with E-state index in [4.69, 9.17) is 0 Å². The van der Waals surface area contributed by atoms with Gasteiger partial charge in [0.1, 0.15) is 0 Å². The molecule has 0 spiro atoms.